The van der Waals surface area contributed by atoms with Crippen LogP contribution in [0.2, 0.25) is 0 Å². The number of unbranched alkanes of at least 4 members (excludes halogenated alkanes) is 6. The molecule has 0 spiro atoms. The fourth-order valence-corrected chi connectivity index (χ4v) is 3.43. The van der Waals surface area contributed by atoms with Crippen LogP contribution in [0, 0.1) is 17.2 Å². The number of carbonyl (C=O) groups excluding carboxylic acids is 1. The van der Waals surface area contributed by atoms with E-state index >= 15 is 0 Å². The lowest BCUT2D eigenvalue weighted by atomic mass is 9.96. The van der Waals surface area contributed by atoms with E-state index in [0.29, 0.717) is 12.4 Å². The van der Waals surface area contributed by atoms with Crippen molar-refractivity contribution in [2.75, 3.05) is 13.4 Å². The van der Waals surface area contributed by atoms with Crippen LogP contribution in [0.25, 0.3) is 0 Å². The molecule has 0 N–H and O–H groups in total. The summed E-state index contributed by atoms with van der Waals surface area (Å²) < 4.78 is 16.6. The summed E-state index contributed by atoms with van der Waals surface area (Å²) in [6, 6.07) is 9.30. The molecule has 0 aliphatic carbocycles. The topological polar surface area (TPSA) is 68.6 Å². The zero-order valence-corrected chi connectivity index (χ0v) is 17.2. The molecule has 0 bridgehead atoms. The Morgan fingerprint density at radius 3 is 2.54 bits per heavy atom. The van der Waals surface area contributed by atoms with Gasteiger partial charge in [-0.3, -0.25) is 4.79 Å². The summed E-state index contributed by atoms with van der Waals surface area (Å²) >= 11 is 0. The lowest BCUT2D eigenvalue weighted by Gasteiger charge is -2.30. The Kier molecular flexibility index (Phi) is 10.0. The molecule has 1 fully saturated rings. The molecule has 1 aliphatic rings. The third kappa shape index (κ3) is 7.26. The van der Waals surface area contributed by atoms with Gasteiger partial charge in [0, 0.05) is 0 Å². The van der Waals surface area contributed by atoms with Gasteiger partial charge >= 0.3 is 5.97 Å². The van der Waals surface area contributed by atoms with E-state index in [0.717, 1.165) is 18.4 Å². The van der Waals surface area contributed by atoms with Crippen molar-refractivity contribution in [3.05, 3.63) is 29.8 Å². The van der Waals surface area contributed by atoms with Crippen molar-refractivity contribution in [2.24, 2.45) is 5.92 Å². The van der Waals surface area contributed by atoms with E-state index < -0.39 is 5.92 Å². The van der Waals surface area contributed by atoms with E-state index in [4.69, 9.17) is 19.5 Å². The number of nitrogens with zero attached hydrogens (tertiary/aromatic N) is 1. The second kappa shape index (κ2) is 12.5. The molecule has 5 nitrogen and oxygen atoms in total. The molecular weight excluding hydrogens is 354 g/mol. The van der Waals surface area contributed by atoms with Gasteiger partial charge in [-0.25, -0.2) is 0 Å². The summed E-state index contributed by atoms with van der Waals surface area (Å²) in [7, 11) is 0. The number of nitriles is 1. The summed E-state index contributed by atoms with van der Waals surface area (Å²) in [6.45, 7) is 4.64. The number of carbonyl (C=O) groups is 1. The third-order valence-electron chi connectivity index (χ3n) is 5.30. The predicted molar refractivity (Wildman–Crippen MR) is 108 cm³/mol. The molecule has 2 rings (SSSR count). The fraction of sp³-hybridized carbons (Fsp3) is 0.652. The lowest BCUT2D eigenvalue weighted by molar-refractivity contribution is -0.187. The first-order valence-electron chi connectivity index (χ1n) is 10.6. The minimum Gasteiger partial charge on any atom is -0.426 e. The maximum atomic E-state index is 12.6. The molecule has 1 unspecified atom stereocenters. The highest BCUT2D eigenvalue weighted by molar-refractivity contribution is 5.76. The summed E-state index contributed by atoms with van der Waals surface area (Å²) in [5, 5.41) is 8.98. The van der Waals surface area contributed by atoms with Crippen LogP contribution in [0.3, 0.4) is 0 Å². The molecule has 28 heavy (non-hydrogen) atoms. The van der Waals surface area contributed by atoms with E-state index in [2.05, 4.69) is 13.0 Å². The fourth-order valence-electron chi connectivity index (χ4n) is 3.43. The molecule has 1 saturated heterocycles. The van der Waals surface area contributed by atoms with Crippen LogP contribution in [0.5, 0.6) is 5.75 Å². The molecule has 0 aromatic heterocycles. The number of hydrogen-bond acceptors (Lipinski definition) is 5. The van der Waals surface area contributed by atoms with Crippen LogP contribution in [0.1, 0.15) is 76.7 Å². The van der Waals surface area contributed by atoms with E-state index in [9.17, 15) is 4.79 Å². The molecule has 5 heteroatoms. The normalized spacial score (nSPS) is 20.3. The molecule has 154 valence electrons. The first-order chi connectivity index (χ1) is 13.7. The molecular formula is C23H33NO4. The van der Waals surface area contributed by atoms with Crippen molar-refractivity contribution in [2.45, 2.75) is 77.2 Å². The standard InChI is InChI=1S/C23H33NO4/c1-3-4-5-6-7-8-9-10-22-21(16-26-17-27-22)23(25)28-20-13-11-19(12-14-20)18(2)15-24/h11-14,18,21-22H,3-10,16-17H2,1-2H3/t18?,21-,22+/m0/s1. The second-order valence-electron chi connectivity index (χ2n) is 7.55. The SMILES string of the molecule is CCCCCCCCC[C@H]1OCOC[C@@H]1C(=O)Oc1ccc(C(C)C#N)cc1. The predicted octanol–water partition coefficient (Wildman–Crippen LogP) is 5.35. The van der Waals surface area contributed by atoms with Crippen LogP contribution in [0.15, 0.2) is 24.3 Å². The van der Waals surface area contributed by atoms with Gasteiger partial charge in [0.15, 0.2) is 0 Å². The molecule has 1 heterocycles. The molecule has 1 aromatic carbocycles. The zero-order chi connectivity index (χ0) is 20.2. The maximum Gasteiger partial charge on any atom is 0.319 e. The Hall–Kier alpha value is -1.90. The largest absolute Gasteiger partial charge is 0.426 e. The number of rotatable bonds is 11. The maximum absolute atomic E-state index is 12.6. The van der Waals surface area contributed by atoms with E-state index in [1.54, 1.807) is 12.1 Å². The average Bonchev–Trinajstić information content (AvgIpc) is 2.73. The van der Waals surface area contributed by atoms with Gasteiger partial charge in [-0.1, -0.05) is 64.0 Å². The van der Waals surface area contributed by atoms with Gasteiger partial charge in [0.05, 0.1) is 24.7 Å². The Morgan fingerprint density at radius 1 is 1.18 bits per heavy atom. The number of ether oxygens (including phenoxy) is 3. The molecule has 3 atom stereocenters. The summed E-state index contributed by atoms with van der Waals surface area (Å²) in [5.41, 5.74) is 0.906. The molecule has 1 aliphatic heterocycles. The molecule has 0 saturated carbocycles. The quantitative estimate of drug-likeness (QED) is 0.291. The van der Waals surface area contributed by atoms with Crippen LogP contribution in [-0.2, 0) is 14.3 Å². The monoisotopic (exact) mass is 387 g/mol. The minimum atomic E-state index is -0.397. The van der Waals surface area contributed by atoms with Gasteiger partial charge in [-0.15, -0.1) is 0 Å². The molecule has 0 amide bonds. The smallest absolute Gasteiger partial charge is 0.319 e. The number of hydrogen-bond donors (Lipinski definition) is 0. The first kappa shape index (κ1) is 22.4. The number of esters is 1. The minimum absolute atomic E-state index is 0.144. The summed E-state index contributed by atoms with van der Waals surface area (Å²) in [4.78, 5) is 12.6. The van der Waals surface area contributed by atoms with Crippen molar-refractivity contribution >= 4 is 5.97 Å². The summed E-state index contributed by atoms with van der Waals surface area (Å²) in [5.74, 6) is -0.407. The lowest BCUT2D eigenvalue weighted by Crippen LogP contribution is -2.41. The van der Waals surface area contributed by atoms with Gasteiger partial charge in [-0.05, 0) is 31.0 Å². The Morgan fingerprint density at radius 2 is 1.86 bits per heavy atom. The Bertz CT molecular complexity index is 622. The van der Waals surface area contributed by atoms with Crippen molar-refractivity contribution < 1.29 is 19.0 Å². The zero-order valence-electron chi connectivity index (χ0n) is 17.2. The van der Waals surface area contributed by atoms with E-state index in [1.165, 1.54) is 38.5 Å². The van der Waals surface area contributed by atoms with Crippen molar-refractivity contribution in [3.8, 4) is 11.8 Å². The van der Waals surface area contributed by atoms with Gasteiger partial charge in [0.1, 0.15) is 18.5 Å². The van der Waals surface area contributed by atoms with Gasteiger partial charge in [0.2, 0.25) is 0 Å². The molecule has 1 aromatic rings. The van der Waals surface area contributed by atoms with Crippen LogP contribution < -0.4 is 4.74 Å². The highest BCUT2D eigenvalue weighted by Gasteiger charge is 2.34. The molecule has 0 radical (unpaired) electrons. The Labute approximate surface area is 169 Å². The van der Waals surface area contributed by atoms with Crippen LogP contribution in [0.4, 0.5) is 0 Å². The van der Waals surface area contributed by atoms with Crippen molar-refractivity contribution in [1.82, 2.24) is 0 Å². The highest BCUT2D eigenvalue weighted by atomic mass is 16.7. The number of benzene rings is 1. The Balaban J connectivity index is 1.80. The van der Waals surface area contributed by atoms with E-state index in [-0.39, 0.29) is 24.8 Å². The summed E-state index contributed by atoms with van der Waals surface area (Å²) in [6.07, 6.45) is 9.36. The average molecular weight is 388 g/mol. The van der Waals surface area contributed by atoms with Gasteiger partial charge in [-0.2, -0.15) is 5.26 Å². The van der Waals surface area contributed by atoms with Crippen molar-refractivity contribution in [1.29, 1.82) is 5.26 Å². The third-order valence-corrected chi connectivity index (χ3v) is 5.30. The highest BCUT2D eigenvalue weighted by Crippen LogP contribution is 2.24. The second-order valence-corrected chi connectivity index (χ2v) is 7.55. The van der Waals surface area contributed by atoms with Gasteiger partial charge in [0.25, 0.3) is 0 Å². The van der Waals surface area contributed by atoms with Crippen LogP contribution >= 0.6 is 0 Å². The first-order valence-corrected chi connectivity index (χ1v) is 10.6. The van der Waals surface area contributed by atoms with Crippen LogP contribution in [-0.4, -0.2) is 25.5 Å². The van der Waals surface area contributed by atoms with E-state index in [1.807, 2.05) is 19.1 Å². The van der Waals surface area contributed by atoms with Gasteiger partial charge < -0.3 is 14.2 Å². The van der Waals surface area contributed by atoms with Crippen molar-refractivity contribution in [3.63, 3.8) is 0 Å².